The number of carbonyl (C=O) groups is 1. The van der Waals surface area contributed by atoms with Gasteiger partial charge in [0.2, 0.25) is 11.9 Å². The zero-order valence-electron chi connectivity index (χ0n) is 15.6. The van der Waals surface area contributed by atoms with Crippen molar-refractivity contribution < 1.29 is 4.79 Å². The van der Waals surface area contributed by atoms with Crippen LogP contribution >= 0.6 is 0 Å². The molecule has 1 aliphatic rings. The average molecular weight is 364 g/mol. The molecule has 4 rings (SSSR count). The van der Waals surface area contributed by atoms with Crippen molar-refractivity contribution in [3.8, 4) is 0 Å². The fraction of sp³-hybridized carbons (Fsp3) is 0.350. The molecule has 0 unspecified atom stereocenters. The molecular weight excluding hydrogens is 340 g/mol. The van der Waals surface area contributed by atoms with E-state index in [0.29, 0.717) is 18.5 Å². The van der Waals surface area contributed by atoms with E-state index in [0.717, 1.165) is 28.2 Å². The Morgan fingerprint density at radius 2 is 2.00 bits per heavy atom. The predicted molar refractivity (Wildman–Crippen MR) is 109 cm³/mol. The number of rotatable bonds is 6. The molecule has 140 valence electrons. The zero-order chi connectivity index (χ0) is 18.8. The highest BCUT2D eigenvalue weighted by molar-refractivity contribution is 5.91. The third-order valence-corrected chi connectivity index (χ3v) is 4.99. The number of amides is 1. The highest BCUT2D eigenvalue weighted by Gasteiger charge is 2.19. The van der Waals surface area contributed by atoms with E-state index in [-0.39, 0.29) is 5.91 Å². The van der Waals surface area contributed by atoms with E-state index < -0.39 is 0 Å². The van der Waals surface area contributed by atoms with Gasteiger partial charge in [0.05, 0.1) is 5.39 Å². The van der Waals surface area contributed by atoms with Crippen molar-refractivity contribution in [3.05, 3.63) is 36.5 Å². The second kappa shape index (κ2) is 7.26. The number of hydrogen-bond donors (Lipinski definition) is 3. The smallest absolute Gasteiger partial charge is 0.231 e. The Morgan fingerprint density at radius 3 is 2.63 bits per heavy atom. The van der Waals surface area contributed by atoms with Crippen molar-refractivity contribution in [3.63, 3.8) is 0 Å². The molecule has 2 aromatic heterocycles. The van der Waals surface area contributed by atoms with Gasteiger partial charge in [-0.05, 0) is 56.5 Å². The summed E-state index contributed by atoms with van der Waals surface area (Å²) >= 11 is 0. The number of anilines is 4. The fourth-order valence-electron chi connectivity index (χ4n) is 3.29. The Bertz CT molecular complexity index is 945. The highest BCUT2D eigenvalue weighted by atomic mass is 16.2. The van der Waals surface area contributed by atoms with Crippen LogP contribution < -0.4 is 15.5 Å². The van der Waals surface area contributed by atoms with E-state index in [4.69, 9.17) is 0 Å². The first-order valence-corrected chi connectivity index (χ1v) is 9.41. The normalized spacial score (nSPS) is 14.0. The second-order valence-electron chi connectivity index (χ2n) is 6.84. The van der Waals surface area contributed by atoms with E-state index in [1.807, 2.05) is 43.5 Å². The van der Waals surface area contributed by atoms with Gasteiger partial charge in [0.1, 0.15) is 11.5 Å². The molecule has 2 heterocycles. The van der Waals surface area contributed by atoms with Crippen molar-refractivity contribution in [2.45, 2.75) is 39.2 Å². The van der Waals surface area contributed by atoms with Crippen LogP contribution in [-0.2, 0) is 4.79 Å². The summed E-state index contributed by atoms with van der Waals surface area (Å²) in [6.45, 7) is 4.18. The standard InChI is InChI=1S/C20H24N6O/c1-3-26(13(2)27)16-9-7-15(8-10-16)23-20-24-18-17(11-12-21-18)19(25-20)22-14-5-4-6-14/h7-12,14H,3-6H2,1-2H3,(H3,21,22,23,24,25). The summed E-state index contributed by atoms with van der Waals surface area (Å²) < 4.78 is 0. The van der Waals surface area contributed by atoms with Crippen LogP contribution in [0.1, 0.15) is 33.1 Å². The van der Waals surface area contributed by atoms with Crippen molar-refractivity contribution in [1.82, 2.24) is 15.0 Å². The zero-order valence-corrected chi connectivity index (χ0v) is 15.6. The highest BCUT2D eigenvalue weighted by Crippen LogP contribution is 2.28. The molecule has 0 saturated heterocycles. The molecule has 0 bridgehead atoms. The van der Waals surface area contributed by atoms with Crippen molar-refractivity contribution in [1.29, 1.82) is 0 Å². The van der Waals surface area contributed by atoms with Gasteiger partial charge in [-0.2, -0.15) is 9.97 Å². The summed E-state index contributed by atoms with van der Waals surface area (Å²) in [4.78, 5) is 25.8. The summed E-state index contributed by atoms with van der Waals surface area (Å²) in [5.74, 6) is 1.43. The first kappa shape index (κ1) is 17.3. The lowest BCUT2D eigenvalue weighted by atomic mass is 9.93. The average Bonchev–Trinajstić information content (AvgIpc) is 3.08. The number of benzene rings is 1. The number of aromatic nitrogens is 3. The van der Waals surface area contributed by atoms with E-state index in [1.54, 1.807) is 11.8 Å². The molecular formula is C20H24N6O. The van der Waals surface area contributed by atoms with Crippen LogP contribution in [0.4, 0.5) is 23.1 Å². The number of fused-ring (bicyclic) bond motifs is 1. The Balaban J connectivity index is 1.56. The largest absolute Gasteiger partial charge is 0.367 e. The SMILES string of the molecule is CCN(C(C)=O)c1ccc(Nc2nc(NC3CCC3)c3cc[nH]c3n2)cc1. The van der Waals surface area contributed by atoms with Crippen LogP contribution in [-0.4, -0.2) is 33.4 Å². The summed E-state index contributed by atoms with van der Waals surface area (Å²) in [5.41, 5.74) is 2.56. The van der Waals surface area contributed by atoms with Gasteiger partial charge in [0.15, 0.2) is 0 Å². The quantitative estimate of drug-likeness (QED) is 0.615. The molecule has 0 spiro atoms. The van der Waals surface area contributed by atoms with E-state index in [1.165, 1.54) is 19.3 Å². The fourth-order valence-corrected chi connectivity index (χ4v) is 3.29. The predicted octanol–water partition coefficient (Wildman–Crippen LogP) is 4.04. The molecule has 3 aromatic rings. The van der Waals surface area contributed by atoms with Crippen LogP contribution in [0, 0.1) is 0 Å². The Kier molecular flexibility index (Phi) is 4.66. The van der Waals surface area contributed by atoms with Gasteiger partial charge in [0, 0.05) is 37.1 Å². The summed E-state index contributed by atoms with van der Waals surface area (Å²) in [6, 6.07) is 10.2. The minimum atomic E-state index is 0.0328. The molecule has 0 atom stereocenters. The molecule has 1 saturated carbocycles. The van der Waals surface area contributed by atoms with Gasteiger partial charge in [-0.15, -0.1) is 0 Å². The number of nitrogens with one attached hydrogen (secondary N) is 3. The maximum absolute atomic E-state index is 11.7. The first-order valence-electron chi connectivity index (χ1n) is 9.41. The number of hydrogen-bond acceptors (Lipinski definition) is 5. The van der Waals surface area contributed by atoms with Crippen molar-refractivity contribution in [2.75, 3.05) is 22.1 Å². The van der Waals surface area contributed by atoms with Gasteiger partial charge in [-0.3, -0.25) is 4.79 Å². The van der Waals surface area contributed by atoms with Crippen LogP contribution in [0.2, 0.25) is 0 Å². The third kappa shape index (κ3) is 3.58. The van der Waals surface area contributed by atoms with Gasteiger partial charge < -0.3 is 20.5 Å². The van der Waals surface area contributed by atoms with Gasteiger partial charge in [-0.1, -0.05) is 0 Å². The monoisotopic (exact) mass is 364 g/mol. The van der Waals surface area contributed by atoms with Crippen LogP contribution in [0.15, 0.2) is 36.5 Å². The minimum Gasteiger partial charge on any atom is -0.367 e. The summed E-state index contributed by atoms with van der Waals surface area (Å²) in [6.07, 6.45) is 5.52. The lowest BCUT2D eigenvalue weighted by Gasteiger charge is -2.27. The maximum atomic E-state index is 11.7. The maximum Gasteiger partial charge on any atom is 0.231 e. The van der Waals surface area contributed by atoms with Gasteiger partial charge in [0.25, 0.3) is 0 Å². The second-order valence-corrected chi connectivity index (χ2v) is 6.84. The molecule has 1 aliphatic carbocycles. The van der Waals surface area contributed by atoms with Crippen molar-refractivity contribution in [2.24, 2.45) is 0 Å². The summed E-state index contributed by atoms with van der Waals surface area (Å²) in [7, 11) is 0. The van der Waals surface area contributed by atoms with E-state index in [9.17, 15) is 4.79 Å². The van der Waals surface area contributed by atoms with Gasteiger partial charge in [-0.25, -0.2) is 0 Å². The first-order chi connectivity index (χ1) is 13.1. The molecule has 0 radical (unpaired) electrons. The number of nitrogens with zero attached hydrogens (tertiary/aromatic N) is 3. The Morgan fingerprint density at radius 1 is 1.22 bits per heavy atom. The Labute approximate surface area is 158 Å². The van der Waals surface area contributed by atoms with Crippen LogP contribution in [0.3, 0.4) is 0 Å². The molecule has 1 fully saturated rings. The van der Waals surface area contributed by atoms with Crippen molar-refractivity contribution >= 4 is 40.1 Å². The molecule has 7 nitrogen and oxygen atoms in total. The van der Waals surface area contributed by atoms with E-state index >= 15 is 0 Å². The molecule has 1 amide bonds. The molecule has 27 heavy (non-hydrogen) atoms. The Hall–Kier alpha value is -3.09. The summed E-state index contributed by atoms with van der Waals surface area (Å²) in [5, 5.41) is 7.79. The third-order valence-electron chi connectivity index (χ3n) is 4.99. The minimum absolute atomic E-state index is 0.0328. The number of H-pyrrole nitrogens is 1. The lowest BCUT2D eigenvalue weighted by molar-refractivity contribution is -0.116. The van der Waals surface area contributed by atoms with Crippen LogP contribution in [0.5, 0.6) is 0 Å². The number of aromatic amines is 1. The molecule has 3 N–H and O–H groups in total. The lowest BCUT2D eigenvalue weighted by Crippen LogP contribution is -2.27. The molecule has 1 aromatic carbocycles. The molecule has 0 aliphatic heterocycles. The molecule has 7 heteroatoms. The van der Waals surface area contributed by atoms with Crippen LogP contribution in [0.25, 0.3) is 11.0 Å². The topological polar surface area (TPSA) is 85.9 Å². The van der Waals surface area contributed by atoms with E-state index in [2.05, 4.69) is 25.6 Å². The number of carbonyl (C=O) groups excluding carboxylic acids is 1. The van der Waals surface area contributed by atoms with Gasteiger partial charge >= 0.3 is 0 Å².